The topological polar surface area (TPSA) is 0 Å². The van der Waals surface area contributed by atoms with E-state index in [0.29, 0.717) is 5.41 Å². The summed E-state index contributed by atoms with van der Waals surface area (Å²) in [5, 5.41) is 0. The van der Waals surface area contributed by atoms with Crippen LogP contribution in [-0.4, -0.2) is 0 Å². The summed E-state index contributed by atoms with van der Waals surface area (Å²) in [5.74, 6) is 0.733. The molecule has 0 saturated heterocycles. The van der Waals surface area contributed by atoms with Gasteiger partial charge in [-0.2, -0.15) is 0 Å². The molecule has 0 saturated carbocycles. The van der Waals surface area contributed by atoms with E-state index in [4.69, 9.17) is 0 Å². The van der Waals surface area contributed by atoms with Gasteiger partial charge in [-0.15, -0.1) is 0 Å². The van der Waals surface area contributed by atoms with Gasteiger partial charge in [0.2, 0.25) is 0 Å². The molecule has 0 N–H and O–H groups in total. The molecule has 0 radical (unpaired) electrons. The predicted octanol–water partition coefficient (Wildman–Crippen LogP) is 3.95. The third kappa shape index (κ3) is 1.63. The van der Waals surface area contributed by atoms with Gasteiger partial charge in [-0.1, -0.05) is 44.1 Å². The van der Waals surface area contributed by atoms with Gasteiger partial charge in [0.1, 0.15) is 0 Å². The molecule has 1 rings (SSSR count). The van der Waals surface area contributed by atoms with Gasteiger partial charge in [0.15, 0.2) is 0 Å². The van der Waals surface area contributed by atoms with Crippen LogP contribution in [0.15, 0.2) is 23.3 Å². The quantitative estimate of drug-likeness (QED) is 0.550. The summed E-state index contributed by atoms with van der Waals surface area (Å²) in [4.78, 5) is 0. The van der Waals surface area contributed by atoms with Crippen molar-refractivity contribution in [2.24, 2.45) is 11.3 Å². The summed E-state index contributed by atoms with van der Waals surface area (Å²) >= 11 is 0. The van der Waals surface area contributed by atoms with Crippen LogP contribution in [0.4, 0.5) is 0 Å². The van der Waals surface area contributed by atoms with Crippen molar-refractivity contribution < 1.29 is 0 Å². The Labute approximate surface area is 76.4 Å². The largest absolute Gasteiger partial charge is 0.0777 e. The minimum absolute atomic E-state index is 0.392. The van der Waals surface area contributed by atoms with Gasteiger partial charge in [0.05, 0.1) is 0 Å². The summed E-state index contributed by atoms with van der Waals surface area (Å²) in [6.45, 7) is 11.4. The molecular weight excluding hydrogens is 144 g/mol. The van der Waals surface area contributed by atoms with Crippen molar-refractivity contribution in [3.8, 4) is 0 Å². The van der Waals surface area contributed by atoms with E-state index in [1.54, 1.807) is 5.57 Å². The molecule has 0 aromatic heterocycles. The molecule has 0 spiro atoms. The first-order valence-electron chi connectivity index (χ1n) is 4.81. The van der Waals surface area contributed by atoms with E-state index in [0.717, 1.165) is 5.92 Å². The summed E-state index contributed by atoms with van der Waals surface area (Å²) in [6.07, 6.45) is 5.88. The lowest BCUT2D eigenvalue weighted by atomic mass is 9.71. The van der Waals surface area contributed by atoms with Gasteiger partial charge in [-0.05, 0) is 31.6 Å². The van der Waals surface area contributed by atoms with Gasteiger partial charge in [-0.25, -0.2) is 0 Å². The molecule has 1 atom stereocenters. The monoisotopic (exact) mass is 164 g/mol. The lowest BCUT2D eigenvalue weighted by Gasteiger charge is -2.34. The van der Waals surface area contributed by atoms with Crippen LogP contribution in [0.25, 0.3) is 0 Å². The fraction of sp³-hybridized carbons (Fsp3) is 0.667. The van der Waals surface area contributed by atoms with Gasteiger partial charge in [0.25, 0.3) is 0 Å². The van der Waals surface area contributed by atoms with Crippen LogP contribution in [0.1, 0.15) is 41.0 Å². The van der Waals surface area contributed by atoms with E-state index >= 15 is 0 Å². The Morgan fingerprint density at radius 2 is 1.92 bits per heavy atom. The molecule has 0 aromatic carbocycles. The van der Waals surface area contributed by atoms with Crippen molar-refractivity contribution in [1.82, 2.24) is 0 Å². The van der Waals surface area contributed by atoms with Gasteiger partial charge in [0, 0.05) is 0 Å². The first kappa shape index (κ1) is 9.57. The van der Waals surface area contributed by atoms with Gasteiger partial charge >= 0.3 is 0 Å². The van der Waals surface area contributed by atoms with E-state index in [2.05, 4.69) is 46.8 Å². The number of hydrogen-bond donors (Lipinski definition) is 0. The molecule has 1 aliphatic carbocycles. The maximum absolute atomic E-state index is 2.38. The number of rotatable bonds is 1. The van der Waals surface area contributed by atoms with Crippen LogP contribution in [0.5, 0.6) is 0 Å². The van der Waals surface area contributed by atoms with E-state index in [1.807, 2.05) is 0 Å². The van der Waals surface area contributed by atoms with Gasteiger partial charge in [-0.3, -0.25) is 0 Å². The van der Waals surface area contributed by atoms with Crippen LogP contribution in [-0.2, 0) is 0 Å². The Hall–Kier alpha value is -0.520. The zero-order valence-corrected chi connectivity index (χ0v) is 8.94. The zero-order valence-electron chi connectivity index (χ0n) is 8.94. The SMILES string of the molecule is CC1=C(C)CC(C)(C(C)C)C=C1. The van der Waals surface area contributed by atoms with Crippen LogP contribution < -0.4 is 0 Å². The molecule has 0 nitrogen and oxygen atoms in total. The number of allylic oxidation sites excluding steroid dienone is 4. The molecule has 0 bridgehead atoms. The van der Waals surface area contributed by atoms with Crippen molar-refractivity contribution in [3.63, 3.8) is 0 Å². The maximum atomic E-state index is 2.38. The molecule has 0 amide bonds. The highest BCUT2D eigenvalue weighted by atomic mass is 14.3. The van der Waals surface area contributed by atoms with Gasteiger partial charge < -0.3 is 0 Å². The molecule has 0 fully saturated rings. The third-order valence-electron chi connectivity index (χ3n) is 3.35. The Bertz CT molecular complexity index is 230. The van der Waals surface area contributed by atoms with Crippen LogP contribution in [0.3, 0.4) is 0 Å². The van der Waals surface area contributed by atoms with Crippen molar-refractivity contribution >= 4 is 0 Å². The standard InChI is InChI=1S/C12H20/c1-9(2)12(5)7-6-10(3)11(4)8-12/h6-7,9H,8H2,1-5H3. The Morgan fingerprint density at radius 3 is 2.33 bits per heavy atom. The molecular formula is C12H20. The molecule has 68 valence electrons. The second-order valence-corrected chi connectivity index (χ2v) is 4.63. The first-order chi connectivity index (χ1) is 5.46. The molecule has 0 heteroatoms. The highest BCUT2D eigenvalue weighted by Gasteiger charge is 2.27. The fourth-order valence-electron chi connectivity index (χ4n) is 1.62. The molecule has 0 heterocycles. The maximum Gasteiger partial charge on any atom is -0.00831 e. The second kappa shape index (κ2) is 3.08. The van der Waals surface area contributed by atoms with Crippen molar-refractivity contribution in [2.75, 3.05) is 0 Å². The van der Waals surface area contributed by atoms with E-state index in [9.17, 15) is 0 Å². The van der Waals surface area contributed by atoms with Crippen LogP contribution in [0, 0.1) is 11.3 Å². The average molecular weight is 164 g/mol. The highest BCUT2D eigenvalue weighted by Crippen LogP contribution is 2.39. The summed E-state index contributed by atoms with van der Waals surface area (Å²) in [7, 11) is 0. The average Bonchev–Trinajstić information content (AvgIpc) is 1.97. The lowest BCUT2D eigenvalue weighted by Crippen LogP contribution is -2.23. The lowest BCUT2D eigenvalue weighted by molar-refractivity contribution is 0.291. The molecule has 1 unspecified atom stereocenters. The normalized spacial score (nSPS) is 30.2. The van der Waals surface area contributed by atoms with Crippen molar-refractivity contribution in [1.29, 1.82) is 0 Å². The second-order valence-electron chi connectivity index (χ2n) is 4.63. The summed E-state index contributed by atoms with van der Waals surface area (Å²) < 4.78 is 0. The van der Waals surface area contributed by atoms with Crippen molar-refractivity contribution in [3.05, 3.63) is 23.3 Å². The zero-order chi connectivity index (χ0) is 9.35. The van der Waals surface area contributed by atoms with Crippen molar-refractivity contribution in [2.45, 2.75) is 41.0 Å². The fourth-order valence-corrected chi connectivity index (χ4v) is 1.62. The predicted molar refractivity (Wildman–Crippen MR) is 55.1 cm³/mol. The molecule has 0 aromatic rings. The highest BCUT2D eigenvalue weighted by molar-refractivity contribution is 5.30. The molecule has 0 aliphatic heterocycles. The Balaban J connectivity index is 2.87. The first-order valence-corrected chi connectivity index (χ1v) is 4.81. The minimum atomic E-state index is 0.392. The van der Waals surface area contributed by atoms with Crippen LogP contribution >= 0.6 is 0 Å². The van der Waals surface area contributed by atoms with E-state index < -0.39 is 0 Å². The van der Waals surface area contributed by atoms with Crippen LogP contribution in [0.2, 0.25) is 0 Å². The smallest absolute Gasteiger partial charge is 0.00831 e. The van der Waals surface area contributed by atoms with E-state index in [1.165, 1.54) is 12.0 Å². The number of hydrogen-bond acceptors (Lipinski definition) is 0. The Kier molecular flexibility index (Phi) is 2.46. The third-order valence-corrected chi connectivity index (χ3v) is 3.35. The molecule has 1 aliphatic rings. The Morgan fingerprint density at radius 1 is 1.33 bits per heavy atom. The minimum Gasteiger partial charge on any atom is -0.0777 e. The summed E-state index contributed by atoms with van der Waals surface area (Å²) in [5.41, 5.74) is 3.39. The summed E-state index contributed by atoms with van der Waals surface area (Å²) in [6, 6.07) is 0. The van der Waals surface area contributed by atoms with E-state index in [-0.39, 0.29) is 0 Å². The molecule has 12 heavy (non-hydrogen) atoms.